The van der Waals surface area contributed by atoms with E-state index in [1.807, 2.05) is 62.4 Å². The van der Waals surface area contributed by atoms with E-state index in [1.165, 1.54) is 0 Å². The van der Waals surface area contributed by atoms with Crippen molar-refractivity contribution in [2.24, 2.45) is 5.41 Å². The summed E-state index contributed by atoms with van der Waals surface area (Å²) >= 11 is 0. The number of carbonyl (C=O) groups is 2. The molecule has 1 aliphatic rings. The van der Waals surface area contributed by atoms with Crippen LogP contribution in [0.2, 0.25) is 0 Å². The van der Waals surface area contributed by atoms with Gasteiger partial charge in [0.2, 0.25) is 0 Å². The molecule has 0 radical (unpaired) electrons. The van der Waals surface area contributed by atoms with E-state index in [2.05, 4.69) is 5.32 Å². The third-order valence-electron chi connectivity index (χ3n) is 5.63. The number of anilines is 1. The summed E-state index contributed by atoms with van der Waals surface area (Å²) in [6.07, 6.45) is 2.00. The number of likely N-dealkylation sites (tertiary alicyclic amines) is 1. The molecule has 1 fully saturated rings. The molecular formula is C24H30N2O4. The molecule has 30 heavy (non-hydrogen) atoms. The normalized spacial score (nSPS) is 18.6. The first-order chi connectivity index (χ1) is 14.5. The minimum Gasteiger partial charge on any atom is -0.497 e. The quantitative estimate of drug-likeness (QED) is 0.716. The summed E-state index contributed by atoms with van der Waals surface area (Å²) in [5.74, 6) is 0.514. The highest BCUT2D eigenvalue weighted by atomic mass is 16.5. The molecule has 6 nitrogen and oxygen atoms in total. The zero-order valence-corrected chi connectivity index (χ0v) is 17.9. The molecule has 6 heteroatoms. The van der Waals surface area contributed by atoms with Crippen LogP contribution in [0, 0.1) is 12.3 Å². The maximum absolute atomic E-state index is 13.0. The summed E-state index contributed by atoms with van der Waals surface area (Å²) in [6.45, 7) is 5.01. The van der Waals surface area contributed by atoms with E-state index < -0.39 is 5.41 Å². The van der Waals surface area contributed by atoms with E-state index in [9.17, 15) is 9.59 Å². The Labute approximate surface area is 178 Å². The number of nitrogens with zero attached hydrogens (tertiary/aromatic N) is 1. The second-order valence-electron chi connectivity index (χ2n) is 7.80. The summed E-state index contributed by atoms with van der Waals surface area (Å²) in [5.41, 5.74) is 1.98. The number of urea groups is 1. The van der Waals surface area contributed by atoms with Gasteiger partial charge in [0.1, 0.15) is 5.75 Å². The number of rotatable bonds is 6. The lowest BCUT2D eigenvalue weighted by atomic mass is 9.75. The van der Waals surface area contributed by atoms with Gasteiger partial charge in [-0.3, -0.25) is 4.79 Å². The van der Waals surface area contributed by atoms with Crippen molar-refractivity contribution < 1.29 is 19.1 Å². The Bertz CT molecular complexity index is 884. The lowest BCUT2D eigenvalue weighted by molar-refractivity contribution is -0.158. The molecule has 1 aliphatic heterocycles. The number of amides is 2. The van der Waals surface area contributed by atoms with Gasteiger partial charge < -0.3 is 19.7 Å². The lowest BCUT2D eigenvalue weighted by Crippen LogP contribution is -2.52. The Balaban J connectivity index is 1.79. The van der Waals surface area contributed by atoms with Gasteiger partial charge in [-0.2, -0.15) is 0 Å². The zero-order valence-electron chi connectivity index (χ0n) is 17.9. The molecule has 0 unspecified atom stereocenters. The highest BCUT2D eigenvalue weighted by Crippen LogP contribution is 2.36. The molecule has 0 spiro atoms. The van der Waals surface area contributed by atoms with Gasteiger partial charge in [-0.15, -0.1) is 0 Å². The fourth-order valence-corrected chi connectivity index (χ4v) is 4.06. The van der Waals surface area contributed by atoms with Crippen molar-refractivity contribution in [3.63, 3.8) is 0 Å². The van der Waals surface area contributed by atoms with Crippen molar-refractivity contribution in [3.8, 4) is 5.75 Å². The average molecular weight is 411 g/mol. The van der Waals surface area contributed by atoms with Crippen LogP contribution in [0.3, 0.4) is 0 Å². The molecule has 1 N–H and O–H groups in total. The van der Waals surface area contributed by atoms with Crippen LogP contribution in [-0.4, -0.2) is 43.7 Å². The van der Waals surface area contributed by atoms with E-state index in [4.69, 9.17) is 9.47 Å². The molecule has 1 heterocycles. The van der Waals surface area contributed by atoms with Crippen molar-refractivity contribution in [1.82, 2.24) is 4.90 Å². The number of hydrogen-bond donors (Lipinski definition) is 1. The number of nitrogens with one attached hydrogen (secondary N) is 1. The average Bonchev–Trinajstić information content (AvgIpc) is 2.76. The number of ether oxygens (including phenoxy) is 2. The minimum absolute atomic E-state index is 0.204. The standard InChI is InChI=1S/C24H30N2O4/c1-4-30-22(27)24(16-19-9-6-5-7-10-19)13-8-14-26(17-24)23(28)25-21-12-11-20(29-3)15-18(21)2/h5-7,9-12,15H,4,8,13-14,16-17H2,1-3H3,(H,25,28)/t24-/m0/s1. The van der Waals surface area contributed by atoms with Crippen LogP contribution in [-0.2, 0) is 16.0 Å². The highest BCUT2D eigenvalue weighted by molar-refractivity contribution is 5.91. The van der Waals surface area contributed by atoms with Gasteiger partial charge in [0.15, 0.2) is 0 Å². The number of piperidine rings is 1. The number of methoxy groups -OCH3 is 1. The first kappa shape index (κ1) is 21.7. The van der Waals surface area contributed by atoms with Crippen LogP contribution in [0.5, 0.6) is 5.75 Å². The van der Waals surface area contributed by atoms with Crippen LogP contribution in [0.25, 0.3) is 0 Å². The van der Waals surface area contributed by atoms with Crippen molar-refractivity contribution >= 4 is 17.7 Å². The molecule has 2 aromatic carbocycles. The third kappa shape index (κ3) is 4.93. The van der Waals surface area contributed by atoms with Crippen LogP contribution >= 0.6 is 0 Å². The van der Waals surface area contributed by atoms with Crippen molar-refractivity contribution in [3.05, 3.63) is 59.7 Å². The monoisotopic (exact) mass is 410 g/mol. The lowest BCUT2D eigenvalue weighted by Gasteiger charge is -2.41. The number of esters is 1. The molecule has 1 atom stereocenters. The Morgan fingerprint density at radius 3 is 2.60 bits per heavy atom. The van der Waals surface area contributed by atoms with Gasteiger partial charge in [-0.25, -0.2) is 4.79 Å². The van der Waals surface area contributed by atoms with E-state index in [1.54, 1.807) is 12.0 Å². The van der Waals surface area contributed by atoms with Crippen LogP contribution in [0.1, 0.15) is 30.9 Å². The fourth-order valence-electron chi connectivity index (χ4n) is 4.06. The SMILES string of the molecule is CCOC(=O)[C@]1(Cc2ccccc2)CCCN(C(=O)Nc2ccc(OC)cc2C)C1. The number of carbonyl (C=O) groups excluding carboxylic acids is 2. The molecule has 0 saturated carbocycles. The highest BCUT2D eigenvalue weighted by Gasteiger charge is 2.44. The third-order valence-corrected chi connectivity index (χ3v) is 5.63. The summed E-state index contributed by atoms with van der Waals surface area (Å²) in [4.78, 5) is 27.7. The zero-order chi connectivity index (χ0) is 21.6. The largest absolute Gasteiger partial charge is 0.497 e. The van der Waals surface area contributed by atoms with E-state index in [0.717, 1.165) is 29.0 Å². The predicted molar refractivity (Wildman–Crippen MR) is 117 cm³/mol. The predicted octanol–water partition coefficient (Wildman–Crippen LogP) is 4.42. The van der Waals surface area contributed by atoms with E-state index >= 15 is 0 Å². The Morgan fingerprint density at radius 2 is 1.93 bits per heavy atom. The molecule has 2 amide bonds. The van der Waals surface area contributed by atoms with Gasteiger partial charge in [0, 0.05) is 18.8 Å². The maximum atomic E-state index is 13.0. The van der Waals surface area contributed by atoms with Gasteiger partial charge in [0.05, 0.1) is 19.1 Å². The van der Waals surface area contributed by atoms with Gasteiger partial charge in [-0.05, 0) is 62.4 Å². The molecule has 3 rings (SSSR count). The summed E-state index contributed by atoms with van der Waals surface area (Å²) in [6, 6.07) is 15.2. The summed E-state index contributed by atoms with van der Waals surface area (Å²) in [7, 11) is 1.61. The van der Waals surface area contributed by atoms with Gasteiger partial charge in [0.25, 0.3) is 0 Å². The Kier molecular flexibility index (Phi) is 6.98. The molecule has 0 aliphatic carbocycles. The Hall–Kier alpha value is -3.02. The van der Waals surface area contributed by atoms with E-state index in [-0.39, 0.29) is 12.0 Å². The first-order valence-corrected chi connectivity index (χ1v) is 10.4. The topological polar surface area (TPSA) is 67.9 Å². The summed E-state index contributed by atoms with van der Waals surface area (Å²) in [5, 5.41) is 2.98. The summed E-state index contributed by atoms with van der Waals surface area (Å²) < 4.78 is 10.7. The smallest absolute Gasteiger partial charge is 0.321 e. The van der Waals surface area contributed by atoms with Crippen molar-refractivity contribution in [1.29, 1.82) is 0 Å². The maximum Gasteiger partial charge on any atom is 0.321 e. The molecule has 160 valence electrons. The van der Waals surface area contributed by atoms with Gasteiger partial charge in [-0.1, -0.05) is 30.3 Å². The fraction of sp³-hybridized carbons (Fsp3) is 0.417. The van der Waals surface area contributed by atoms with Crippen molar-refractivity contribution in [2.45, 2.75) is 33.1 Å². The number of aryl methyl sites for hydroxylation is 1. The van der Waals surface area contributed by atoms with Gasteiger partial charge >= 0.3 is 12.0 Å². The Morgan fingerprint density at radius 1 is 1.17 bits per heavy atom. The molecule has 1 saturated heterocycles. The number of benzene rings is 2. The molecule has 0 aromatic heterocycles. The van der Waals surface area contributed by atoms with Crippen molar-refractivity contribution in [2.75, 3.05) is 32.1 Å². The molecule has 2 aromatic rings. The molecule has 0 bridgehead atoms. The van der Waals surface area contributed by atoms with Crippen LogP contribution < -0.4 is 10.1 Å². The molecular weight excluding hydrogens is 380 g/mol. The van der Waals surface area contributed by atoms with Crippen LogP contribution in [0.15, 0.2) is 48.5 Å². The van der Waals surface area contributed by atoms with Crippen LogP contribution in [0.4, 0.5) is 10.5 Å². The van der Waals surface area contributed by atoms with E-state index in [0.29, 0.717) is 32.5 Å². The number of hydrogen-bond acceptors (Lipinski definition) is 4. The minimum atomic E-state index is -0.734. The second kappa shape index (κ2) is 9.65. The second-order valence-corrected chi connectivity index (χ2v) is 7.80. The first-order valence-electron chi connectivity index (χ1n) is 10.4.